The summed E-state index contributed by atoms with van der Waals surface area (Å²) in [5, 5.41) is 2.92. The number of aryl methyl sites for hydroxylation is 3. The summed E-state index contributed by atoms with van der Waals surface area (Å²) in [6, 6.07) is 11.1. The fourth-order valence-corrected chi connectivity index (χ4v) is 3.17. The van der Waals surface area contributed by atoms with Crippen LogP contribution < -0.4 is 5.32 Å². The fraction of sp³-hybridized carbons (Fsp3) is 0.333. The molecule has 25 heavy (non-hydrogen) atoms. The molecule has 2 aromatic carbocycles. The van der Waals surface area contributed by atoms with Gasteiger partial charge in [0, 0.05) is 11.3 Å². The van der Waals surface area contributed by atoms with Gasteiger partial charge < -0.3 is 10.1 Å². The Labute approximate surface area is 148 Å². The Morgan fingerprint density at radius 2 is 1.72 bits per heavy atom. The molecule has 0 bridgehead atoms. The first kappa shape index (κ1) is 17.2. The highest BCUT2D eigenvalue weighted by atomic mass is 16.5. The van der Waals surface area contributed by atoms with E-state index in [1.165, 1.54) is 24.0 Å². The minimum atomic E-state index is -0.383. The molecule has 0 unspecified atom stereocenters. The van der Waals surface area contributed by atoms with Crippen molar-refractivity contribution in [2.24, 2.45) is 0 Å². The van der Waals surface area contributed by atoms with Gasteiger partial charge in [-0.1, -0.05) is 12.1 Å². The number of ether oxygens (including phenoxy) is 1. The van der Waals surface area contributed by atoms with Crippen LogP contribution in [0.5, 0.6) is 0 Å². The average molecular weight is 337 g/mol. The van der Waals surface area contributed by atoms with Crippen molar-refractivity contribution in [3.63, 3.8) is 0 Å². The highest BCUT2D eigenvalue weighted by molar-refractivity contribution is 6.05. The predicted molar refractivity (Wildman–Crippen MR) is 98.2 cm³/mol. The molecule has 130 valence electrons. The molecule has 0 aromatic heterocycles. The maximum Gasteiger partial charge on any atom is 0.338 e. The molecule has 4 heteroatoms. The van der Waals surface area contributed by atoms with Gasteiger partial charge in [-0.3, -0.25) is 4.79 Å². The lowest BCUT2D eigenvalue weighted by molar-refractivity contribution is 0.0526. The monoisotopic (exact) mass is 337 g/mol. The van der Waals surface area contributed by atoms with E-state index in [9.17, 15) is 9.59 Å². The van der Waals surface area contributed by atoms with Gasteiger partial charge in [-0.05, 0) is 80.5 Å². The molecule has 0 atom stereocenters. The molecule has 0 saturated carbocycles. The number of esters is 1. The number of anilines is 1. The van der Waals surface area contributed by atoms with Gasteiger partial charge in [0.05, 0.1) is 12.2 Å². The van der Waals surface area contributed by atoms with Crippen molar-refractivity contribution in [3.05, 3.63) is 64.2 Å². The van der Waals surface area contributed by atoms with E-state index in [4.69, 9.17) is 4.74 Å². The average Bonchev–Trinajstić information content (AvgIpc) is 2.63. The Morgan fingerprint density at radius 3 is 2.48 bits per heavy atom. The van der Waals surface area contributed by atoms with Crippen molar-refractivity contribution in [3.8, 4) is 0 Å². The maximum absolute atomic E-state index is 12.6. The normalized spacial score (nSPS) is 13.0. The van der Waals surface area contributed by atoms with Crippen molar-refractivity contribution in [2.45, 2.75) is 39.5 Å². The summed E-state index contributed by atoms with van der Waals surface area (Å²) in [6.45, 7) is 3.99. The summed E-state index contributed by atoms with van der Waals surface area (Å²) >= 11 is 0. The molecular weight excluding hydrogens is 314 g/mol. The molecule has 0 fully saturated rings. The summed E-state index contributed by atoms with van der Waals surface area (Å²) < 4.78 is 5.02. The zero-order valence-corrected chi connectivity index (χ0v) is 14.7. The van der Waals surface area contributed by atoms with Crippen LogP contribution in [0.1, 0.15) is 57.2 Å². The summed E-state index contributed by atoms with van der Waals surface area (Å²) in [4.78, 5) is 24.5. The van der Waals surface area contributed by atoms with Crippen LogP contribution in [-0.4, -0.2) is 18.5 Å². The van der Waals surface area contributed by atoms with E-state index in [1.54, 1.807) is 19.1 Å². The van der Waals surface area contributed by atoms with E-state index in [0.717, 1.165) is 18.4 Å². The van der Waals surface area contributed by atoms with Crippen molar-refractivity contribution in [1.82, 2.24) is 0 Å². The van der Waals surface area contributed by atoms with Crippen molar-refractivity contribution in [2.75, 3.05) is 11.9 Å². The van der Waals surface area contributed by atoms with Crippen LogP contribution in [0.25, 0.3) is 0 Å². The largest absolute Gasteiger partial charge is 0.462 e. The van der Waals surface area contributed by atoms with Crippen LogP contribution in [0.15, 0.2) is 36.4 Å². The molecule has 0 aliphatic heterocycles. The van der Waals surface area contributed by atoms with Gasteiger partial charge >= 0.3 is 5.97 Å². The van der Waals surface area contributed by atoms with Gasteiger partial charge in [-0.15, -0.1) is 0 Å². The second-order valence-electron chi connectivity index (χ2n) is 6.39. The first-order valence-corrected chi connectivity index (χ1v) is 8.79. The molecule has 4 nitrogen and oxygen atoms in total. The molecule has 3 rings (SSSR count). The first-order chi connectivity index (χ1) is 12.1. The minimum Gasteiger partial charge on any atom is -0.462 e. The highest BCUT2D eigenvalue weighted by Crippen LogP contribution is 2.23. The number of carbonyl (C=O) groups excluding carboxylic acids is 2. The number of carbonyl (C=O) groups is 2. The van der Waals surface area contributed by atoms with Gasteiger partial charge in [0.1, 0.15) is 0 Å². The molecule has 1 aliphatic rings. The Kier molecular flexibility index (Phi) is 5.17. The van der Waals surface area contributed by atoms with Crippen LogP contribution in [0.4, 0.5) is 5.69 Å². The van der Waals surface area contributed by atoms with Crippen molar-refractivity contribution in [1.29, 1.82) is 0 Å². The van der Waals surface area contributed by atoms with Gasteiger partial charge in [-0.25, -0.2) is 4.79 Å². The van der Waals surface area contributed by atoms with E-state index < -0.39 is 0 Å². The highest BCUT2D eigenvalue weighted by Gasteiger charge is 2.15. The van der Waals surface area contributed by atoms with E-state index in [2.05, 4.69) is 11.4 Å². The third kappa shape index (κ3) is 3.90. The van der Waals surface area contributed by atoms with Gasteiger partial charge in [0.25, 0.3) is 5.91 Å². The Hall–Kier alpha value is -2.62. The number of hydrogen-bond acceptors (Lipinski definition) is 3. The zero-order chi connectivity index (χ0) is 17.8. The van der Waals surface area contributed by atoms with Crippen molar-refractivity contribution >= 4 is 17.6 Å². The molecule has 1 amide bonds. The summed E-state index contributed by atoms with van der Waals surface area (Å²) in [5.41, 5.74) is 5.25. The van der Waals surface area contributed by atoms with E-state index in [0.29, 0.717) is 23.4 Å². The second-order valence-corrected chi connectivity index (χ2v) is 6.39. The Morgan fingerprint density at radius 1 is 1.00 bits per heavy atom. The predicted octanol–water partition coefficient (Wildman–Crippen LogP) is 4.30. The van der Waals surface area contributed by atoms with Crippen LogP contribution in [0.3, 0.4) is 0 Å². The molecule has 1 N–H and O–H groups in total. The number of benzene rings is 2. The summed E-state index contributed by atoms with van der Waals surface area (Å²) in [5.74, 6) is -0.538. The minimum absolute atomic E-state index is 0.155. The van der Waals surface area contributed by atoms with Crippen LogP contribution >= 0.6 is 0 Å². The lowest BCUT2D eigenvalue weighted by Crippen LogP contribution is -2.15. The van der Waals surface area contributed by atoms with Crippen LogP contribution in [0, 0.1) is 6.92 Å². The lowest BCUT2D eigenvalue weighted by atomic mass is 9.90. The summed E-state index contributed by atoms with van der Waals surface area (Å²) in [6.07, 6.45) is 4.53. The summed E-state index contributed by atoms with van der Waals surface area (Å²) in [7, 11) is 0. The Bertz CT molecular complexity index is 811. The number of amides is 1. The Balaban J connectivity index is 1.81. The number of rotatable bonds is 4. The van der Waals surface area contributed by atoms with Gasteiger partial charge in [-0.2, -0.15) is 0 Å². The molecule has 0 heterocycles. The molecule has 0 radical (unpaired) electrons. The molecule has 2 aromatic rings. The van der Waals surface area contributed by atoms with Gasteiger partial charge in [0.15, 0.2) is 0 Å². The smallest absolute Gasteiger partial charge is 0.338 e. The quantitative estimate of drug-likeness (QED) is 0.846. The fourth-order valence-electron chi connectivity index (χ4n) is 3.17. The van der Waals surface area contributed by atoms with Crippen molar-refractivity contribution < 1.29 is 14.3 Å². The van der Waals surface area contributed by atoms with E-state index in [-0.39, 0.29) is 11.9 Å². The number of fused-ring (bicyclic) bond motifs is 1. The third-order valence-corrected chi connectivity index (χ3v) is 4.61. The molecule has 0 saturated heterocycles. The topological polar surface area (TPSA) is 55.4 Å². The third-order valence-electron chi connectivity index (χ3n) is 4.61. The number of nitrogens with one attached hydrogen (secondary N) is 1. The lowest BCUT2D eigenvalue weighted by Gasteiger charge is -2.17. The molecule has 0 spiro atoms. The molecule has 1 aliphatic carbocycles. The first-order valence-electron chi connectivity index (χ1n) is 8.79. The maximum atomic E-state index is 12.6. The molecular formula is C21H23NO3. The van der Waals surface area contributed by atoms with Gasteiger partial charge in [0.2, 0.25) is 0 Å². The number of hydrogen-bond donors (Lipinski definition) is 1. The van der Waals surface area contributed by atoms with E-state index >= 15 is 0 Å². The van der Waals surface area contributed by atoms with E-state index in [1.807, 2.05) is 25.1 Å². The second kappa shape index (κ2) is 7.51. The standard InChI is InChI=1S/C21H23NO3/c1-3-25-21(24)18-9-8-14(2)19(13-18)22-20(23)17-11-10-15-6-4-5-7-16(15)12-17/h8-13H,3-7H2,1-2H3,(H,22,23). The van der Waals surface area contributed by atoms with Crippen LogP contribution in [0.2, 0.25) is 0 Å². The van der Waals surface area contributed by atoms with Crippen LogP contribution in [-0.2, 0) is 17.6 Å². The SMILES string of the molecule is CCOC(=O)c1ccc(C)c(NC(=O)c2ccc3c(c2)CCCC3)c1. The zero-order valence-electron chi connectivity index (χ0n) is 14.7.